The Hall–Kier alpha value is -2.55. The number of carbonyl (C=O) groups is 2. The fourth-order valence-electron chi connectivity index (χ4n) is 1.60. The first-order valence-corrected chi connectivity index (χ1v) is 8.42. The molecule has 25 heavy (non-hydrogen) atoms. The summed E-state index contributed by atoms with van der Waals surface area (Å²) in [4.78, 5) is 22.8. The van der Waals surface area contributed by atoms with E-state index in [2.05, 4.69) is 5.32 Å². The molecular weight excluding hydrogens is 320 g/mol. The first-order valence-electron chi connectivity index (χ1n) is 8.42. The Morgan fingerprint density at radius 2 is 1.64 bits per heavy atom. The Bertz CT molecular complexity index is 554. The topological polar surface area (TPSA) is 99.4 Å². The molecule has 0 radical (unpaired) electrons. The maximum atomic E-state index is 11.6. The molecule has 0 fully saturated rings. The van der Waals surface area contributed by atoms with Gasteiger partial charge in [0.1, 0.15) is 11.6 Å². The molecule has 140 valence electrons. The van der Waals surface area contributed by atoms with Crippen LogP contribution in [0.5, 0.6) is 0 Å². The van der Waals surface area contributed by atoms with Gasteiger partial charge in [-0.2, -0.15) is 5.26 Å². The van der Waals surface area contributed by atoms with Gasteiger partial charge in [0, 0.05) is 6.42 Å². The van der Waals surface area contributed by atoms with Crippen molar-refractivity contribution < 1.29 is 19.4 Å². The van der Waals surface area contributed by atoms with Gasteiger partial charge in [-0.15, -0.1) is 0 Å². The number of carbonyl (C=O) groups excluding carboxylic acids is 1. The quantitative estimate of drug-likeness (QED) is 0.850. The van der Waals surface area contributed by atoms with Crippen LogP contribution in [0.1, 0.15) is 59.6 Å². The summed E-state index contributed by atoms with van der Waals surface area (Å²) in [5.41, 5.74) is 0.505. The van der Waals surface area contributed by atoms with E-state index in [9.17, 15) is 9.59 Å². The van der Waals surface area contributed by atoms with Crippen molar-refractivity contribution in [2.24, 2.45) is 0 Å². The summed E-state index contributed by atoms with van der Waals surface area (Å²) >= 11 is 0. The summed E-state index contributed by atoms with van der Waals surface area (Å²) in [5.74, 6) is -1.15. The minimum atomic E-state index is -1.15. The second kappa shape index (κ2) is 12.8. The van der Waals surface area contributed by atoms with Gasteiger partial charge in [-0.3, -0.25) is 0 Å². The van der Waals surface area contributed by atoms with Crippen LogP contribution in [0.2, 0.25) is 0 Å². The zero-order valence-corrected chi connectivity index (χ0v) is 16.2. The molecule has 6 heteroatoms. The standard InChI is InChI=1S/C15H18N2O4.2C2H6/c1-15(2,3)21-14(20)17-12(13(18)19)8-10-4-6-11(9-16)7-5-10;2*1-2/h4-7,12H,8H2,1-3H3,(H,17,20)(H,18,19);2*1-2H3. The van der Waals surface area contributed by atoms with E-state index in [4.69, 9.17) is 15.1 Å². The molecule has 1 atom stereocenters. The molecule has 0 spiro atoms. The number of hydrogen-bond donors (Lipinski definition) is 2. The molecule has 1 aromatic rings. The van der Waals surface area contributed by atoms with Gasteiger partial charge in [-0.25, -0.2) is 9.59 Å². The Kier molecular flexibility index (Phi) is 12.7. The zero-order valence-electron chi connectivity index (χ0n) is 16.2. The number of alkyl carbamates (subject to hydrolysis) is 1. The number of nitrogens with one attached hydrogen (secondary N) is 1. The van der Waals surface area contributed by atoms with Crippen molar-refractivity contribution in [3.63, 3.8) is 0 Å². The second-order valence-corrected chi connectivity index (χ2v) is 5.55. The molecule has 0 heterocycles. The van der Waals surface area contributed by atoms with Gasteiger partial charge in [0.25, 0.3) is 0 Å². The molecule has 0 aliphatic carbocycles. The van der Waals surface area contributed by atoms with Gasteiger partial charge >= 0.3 is 12.1 Å². The highest BCUT2D eigenvalue weighted by Gasteiger charge is 2.24. The maximum absolute atomic E-state index is 11.6. The Morgan fingerprint density at radius 1 is 1.16 bits per heavy atom. The fraction of sp³-hybridized carbons (Fsp3) is 0.526. The molecule has 1 amide bonds. The Balaban J connectivity index is 0. The molecule has 1 unspecified atom stereocenters. The number of nitrogens with zero attached hydrogens (tertiary/aromatic N) is 1. The molecule has 6 nitrogen and oxygen atoms in total. The lowest BCUT2D eigenvalue weighted by Gasteiger charge is -2.22. The average Bonchev–Trinajstić information content (AvgIpc) is 2.57. The number of benzene rings is 1. The van der Waals surface area contributed by atoms with Gasteiger partial charge in [0.05, 0.1) is 11.6 Å². The summed E-state index contributed by atoms with van der Waals surface area (Å²) in [6, 6.07) is 7.41. The second-order valence-electron chi connectivity index (χ2n) is 5.55. The summed E-state index contributed by atoms with van der Waals surface area (Å²) in [5, 5.41) is 20.2. The number of amides is 1. The van der Waals surface area contributed by atoms with Crippen LogP contribution in [0.3, 0.4) is 0 Å². The number of nitriles is 1. The largest absolute Gasteiger partial charge is 0.480 e. The molecule has 0 saturated carbocycles. The van der Waals surface area contributed by atoms with Crippen molar-refractivity contribution in [3.8, 4) is 6.07 Å². The number of carboxylic acid groups (broad SMARTS) is 1. The lowest BCUT2D eigenvalue weighted by Crippen LogP contribution is -2.44. The SMILES string of the molecule is CC.CC.CC(C)(C)OC(=O)NC(Cc1ccc(C#N)cc1)C(=O)O. The molecular formula is C19H30N2O4. The van der Waals surface area contributed by atoms with Gasteiger partial charge in [0.2, 0.25) is 0 Å². The van der Waals surface area contributed by atoms with E-state index in [1.807, 2.05) is 33.8 Å². The van der Waals surface area contributed by atoms with Crippen LogP contribution in [0, 0.1) is 11.3 Å². The molecule has 0 aliphatic heterocycles. The van der Waals surface area contributed by atoms with E-state index < -0.39 is 23.7 Å². The first kappa shape index (κ1) is 24.7. The number of aliphatic carboxylic acids is 1. The third-order valence-corrected chi connectivity index (χ3v) is 2.51. The minimum Gasteiger partial charge on any atom is -0.480 e. The van der Waals surface area contributed by atoms with E-state index >= 15 is 0 Å². The smallest absolute Gasteiger partial charge is 0.408 e. The highest BCUT2D eigenvalue weighted by Crippen LogP contribution is 2.09. The Morgan fingerprint density at radius 3 is 2.00 bits per heavy atom. The van der Waals surface area contributed by atoms with E-state index in [0.29, 0.717) is 11.1 Å². The Labute approximate surface area is 150 Å². The monoisotopic (exact) mass is 350 g/mol. The highest BCUT2D eigenvalue weighted by molar-refractivity contribution is 5.80. The minimum absolute atomic E-state index is 0.111. The summed E-state index contributed by atoms with van der Waals surface area (Å²) in [7, 11) is 0. The molecule has 2 N–H and O–H groups in total. The summed E-state index contributed by atoms with van der Waals surface area (Å²) in [6.07, 6.45) is -0.663. The lowest BCUT2D eigenvalue weighted by molar-refractivity contribution is -0.139. The average molecular weight is 350 g/mol. The van der Waals surface area contributed by atoms with Crippen molar-refractivity contribution in [3.05, 3.63) is 35.4 Å². The van der Waals surface area contributed by atoms with Gasteiger partial charge in [-0.1, -0.05) is 39.8 Å². The number of carboxylic acids is 1. The van der Waals surface area contributed by atoms with Crippen LogP contribution in [0.4, 0.5) is 4.79 Å². The van der Waals surface area contributed by atoms with Crippen molar-refractivity contribution >= 4 is 12.1 Å². The predicted molar refractivity (Wildman–Crippen MR) is 98.4 cm³/mol. The van der Waals surface area contributed by atoms with Crippen molar-refractivity contribution in [2.45, 2.75) is 66.5 Å². The van der Waals surface area contributed by atoms with Crippen molar-refractivity contribution in [1.82, 2.24) is 5.32 Å². The third kappa shape index (κ3) is 11.6. The van der Waals surface area contributed by atoms with E-state index in [1.54, 1.807) is 45.0 Å². The molecule has 0 bridgehead atoms. The van der Waals surface area contributed by atoms with E-state index in [1.165, 1.54) is 0 Å². The van der Waals surface area contributed by atoms with Crippen LogP contribution in [-0.4, -0.2) is 28.8 Å². The van der Waals surface area contributed by atoms with Crippen LogP contribution in [0.15, 0.2) is 24.3 Å². The molecule has 1 aromatic carbocycles. The summed E-state index contributed by atoms with van der Waals surface area (Å²) < 4.78 is 5.04. The highest BCUT2D eigenvalue weighted by atomic mass is 16.6. The molecule has 0 saturated heterocycles. The number of rotatable bonds is 4. The lowest BCUT2D eigenvalue weighted by atomic mass is 10.0. The van der Waals surface area contributed by atoms with Gasteiger partial charge in [0.15, 0.2) is 0 Å². The third-order valence-electron chi connectivity index (χ3n) is 2.51. The normalized spacial score (nSPS) is 10.6. The number of ether oxygens (including phenoxy) is 1. The number of hydrogen-bond acceptors (Lipinski definition) is 4. The van der Waals surface area contributed by atoms with Gasteiger partial charge < -0.3 is 15.2 Å². The van der Waals surface area contributed by atoms with Crippen molar-refractivity contribution in [1.29, 1.82) is 5.26 Å². The van der Waals surface area contributed by atoms with Crippen LogP contribution in [0.25, 0.3) is 0 Å². The summed E-state index contributed by atoms with van der Waals surface area (Å²) in [6.45, 7) is 13.1. The molecule has 1 rings (SSSR count). The van der Waals surface area contributed by atoms with Gasteiger partial charge in [-0.05, 0) is 38.5 Å². The van der Waals surface area contributed by atoms with Crippen LogP contribution >= 0.6 is 0 Å². The zero-order chi connectivity index (χ0) is 20.0. The fourth-order valence-corrected chi connectivity index (χ4v) is 1.60. The maximum Gasteiger partial charge on any atom is 0.408 e. The first-order chi connectivity index (χ1) is 11.7. The van der Waals surface area contributed by atoms with E-state index in [-0.39, 0.29) is 6.42 Å². The van der Waals surface area contributed by atoms with Crippen molar-refractivity contribution in [2.75, 3.05) is 0 Å². The molecule has 0 aliphatic rings. The predicted octanol–water partition coefficient (Wildman–Crippen LogP) is 4.13. The molecule has 0 aromatic heterocycles. The van der Waals surface area contributed by atoms with Crippen LogP contribution < -0.4 is 5.32 Å². The van der Waals surface area contributed by atoms with Crippen LogP contribution in [-0.2, 0) is 16.0 Å². The van der Waals surface area contributed by atoms with E-state index in [0.717, 1.165) is 0 Å².